The molecule has 6 nitrogen and oxygen atoms in total. The Kier molecular flexibility index (Phi) is 7.19. The van der Waals surface area contributed by atoms with Crippen LogP contribution >= 0.6 is 0 Å². The molecule has 1 rings (SSSR count). The second kappa shape index (κ2) is 8.64. The molecule has 0 bridgehead atoms. The Morgan fingerprint density at radius 2 is 1.87 bits per heavy atom. The largest absolute Gasteiger partial charge is 0.393 e. The SMILES string of the molecule is CC(O)(CC[C@H](C[C@@H](O)[CH]Cc1ccccc1)C(N)=O)C(N)=O. The van der Waals surface area contributed by atoms with E-state index >= 15 is 0 Å². The van der Waals surface area contributed by atoms with Gasteiger partial charge in [0.25, 0.3) is 0 Å². The van der Waals surface area contributed by atoms with Crippen molar-refractivity contribution in [1.29, 1.82) is 0 Å². The van der Waals surface area contributed by atoms with E-state index in [1.54, 1.807) is 6.42 Å². The summed E-state index contributed by atoms with van der Waals surface area (Å²) in [6, 6.07) is 9.62. The van der Waals surface area contributed by atoms with Crippen molar-refractivity contribution >= 4 is 11.8 Å². The zero-order chi connectivity index (χ0) is 17.5. The van der Waals surface area contributed by atoms with Crippen LogP contribution in [0.25, 0.3) is 0 Å². The van der Waals surface area contributed by atoms with Gasteiger partial charge in [0.15, 0.2) is 0 Å². The third-order valence-corrected chi connectivity index (χ3v) is 3.91. The Labute approximate surface area is 136 Å². The van der Waals surface area contributed by atoms with Gasteiger partial charge in [-0.05, 0) is 44.6 Å². The number of hydrogen-bond donors (Lipinski definition) is 4. The van der Waals surface area contributed by atoms with Crippen LogP contribution in [0.3, 0.4) is 0 Å². The van der Waals surface area contributed by atoms with Crippen LogP contribution in [0.5, 0.6) is 0 Å². The highest BCUT2D eigenvalue weighted by molar-refractivity contribution is 5.82. The van der Waals surface area contributed by atoms with E-state index < -0.39 is 29.4 Å². The maximum atomic E-state index is 11.5. The molecule has 0 aromatic heterocycles. The van der Waals surface area contributed by atoms with Gasteiger partial charge in [-0.2, -0.15) is 0 Å². The summed E-state index contributed by atoms with van der Waals surface area (Å²) in [5.41, 5.74) is 9.79. The smallest absolute Gasteiger partial charge is 0.249 e. The number of primary amides is 2. The third kappa shape index (κ3) is 6.80. The lowest BCUT2D eigenvalue weighted by Gasteiger charge is -2.23. The summed E-state index contributed by atoms with van der Waals surface area (Å²) in [5, 5.41) is 19.9. The van der Waals surface area contributed by atoms with Crippen LogP contribution < -0.4 is 11.5 Å². The zero-order valence-corrected chi connectivity index (χ0v) is 13.3. The Morgan fingerprint density at radius 3 is 2.39 bits per heavy atom. The fourth-order valence-electron chi connectivity index (χ4n) is 2.23. The first kappa shape index (κ1) is 19.1. The molecule has 6 heteroatoms. The average molecular weight is 321 g/mol. The number of hydrogen-bond acceptors (Lipinski definition) is 4. The standard InChI is InChI=1S/C17H25N2O4/c1-17(23,16(19)22)10-9-13(15(18)21)11-14(20)8-7-12-5-3-2-4-6-12/h2-6,8,13-14,20,23H,7,9-11H2,1H3,(H2,18,21)(H2,19,22)/t13-,14+,17?/m1/s1. The summed E-state index contributed by atoms with van der Waals surface area (Å²) in [5.74, 6) is -2.06. The van der Waals surface area contributed by atoms with Gasteiger partial charge in [-0.25, -0.2) is 0 Å². The summed E-state index contributed by atoms with van der Waals surface area (Å²) < 4.78 is 0. The first-order valence-corrected chi connectivity index (χ1v) is 7.59. The summed E-state index contributed by atoms with van der Waals surface area (Å²) in [4.78, 5) is 22.6. The van der Waals surface area contributed by atoms with E-state index in [0.717, 1.165) is 5.56 Å². The maximum absolute atomic E-state index is 11.5. The second-order valence-electron chi connectivity index (χ2n) is 6.00. The van der Waals surface area contributed by atoms with E-state index in [9.17, 15) is 19.8 Å². The van der Waals surface area contributed by atoms with Crippen LogP contribution in [-0.2, 0) is 16.0 Å². The van der Waals surface area contributed by atoms with Crippen molar-refractivity contribution in [2.45, 2.75) is 44.3 Å². The Morgan fingerprint density at radius 1 is 1.26 bits per heavy atom. The van der Waals surface area contributed by atoms with Crippen molar-refractivity contribution in [3.05, 3.63) is 42.3 Å². The van der Waals surface area contributed by atoms with Crippen LogP contribution in [0.2, 0.25) is 0 Å². The van der Waals surface area contributed by atoms with E-state index in [4.69, 9.17) is 11.5 Å². The average Bonchev–Trinajstić information content (AvgIpc) is 2.50. The van der Waals surface area contributed by atoms with Crippen LogP contribution in [0, 0.1) is 12.3 Å². The molecule has 0 aliphatic heterocycles. The van der Waals surface area contributed by atoms with Gasteiger partial charge in [0.1, 0.15) is 5.60 Å². The molecule has 2 amide bonds. The molecular formula is C17H25N2O4. The number of aliphatic hydroxyl groups is 2. The fourth-order valence-corrected chi connectivity index (χ4v) is 2.23. The van der Waals surface area contributed by atoms with Gasteiger partial charge in [-0.3, -0.25) is 9.59 Å². The van der Waals surface area contributed by atoms with Crippen LogP contribution in [0.15, 0.2) is 30.3 Å². The first-order valence-electron chi connectivity index (χ1n) is 7.59. The Bertz CT molecular complexity index is 517. The number of aliphatic hydroxyl groups excluding tert-OH is 1. The molecule has 1 radical (unpaired) electrons. The van der Waals surface area contributed by atoms with Gasteiger partial charge < -0.3 is 21.7 Å². The third-order valence-electron chi connectivity index (χ3n) is 3.91. The number of rotatable bonds is 10. The lowest BCUT2D eigenvalue weighted by Crippen LogP contribution is -2.42. The van der Waals surface area contributed by atoms with Gasteiger partial charge in [0.05, 0.1) is 6.10 Å². The number of carbonyl (C=O) groups is 2. The highest BCUT2D eigenvalue weighted by Crippen LogP contribution is 2.21. The highest BCUT2D eigenvalue weighted by atomic mass is 16.3. The van der Waals surface area contributed by atoms with Crippen molar-refractivity contribution in [1.82, 2.24) is 0 Å². The number of benzene rings is 1. The molecule has 0 spiro atoms. The predicted octanol–water partition coefficient (Wildman–Crippen LogP) is 0.302. The van der Waals surface area contributed by atoms with Gasteiger partial charge in [-0.15, -0.1) is 0 Å². The molecule has 127 valence electrons. The van der Waals surface area contributed by atoms with E-state index in [1.165, 1.54) is 6.92 Å². The molecule has 3 atom stereocenters. The van der Waals surface area contributed by atoms with Crippen LogP contribution in [-0.4, -0.2) is 33.7 Å². The number of nitrogens with two attached hydrogens (primary N) is 2. The summed E-state index contributed by atoms with van der Waals surface area (Å²) in [6.45, 7) is 1.30. The lowest BCUT2D eigenvalue weighted by molar-refractivity contribution is -0.136. The highest BCUT2D eigenvalue weighted by Gasteiger charge is 2.30. The summed E-state index contributed by atoms with van der Waals surface area (Å²) in [7, 11) is 0. The monoisotopic (exact) mass is 321 g/mol. The molecule has 0 fully saturated rings. The van der Waals surface area contributed by atoms with Gasteiger partial charge in [0, 0.05) is 5.92 Å². The van der Waals surface area contributed by atoms with E-state index in [2.05, 4.69) is 0 Å². The van der Waals surface area contributed by atoms with Crippen LogP contribution in [0.1, 0.15) is 31.7 Å². The van der Waals surface area contributed by atoms with Crippen molar-refractivity contribution in [3.63, 3.8) is 0 Å². The minimum atomic E-state index is -1.69. The lowest BCUT2D eigenvalue weighted by atomic mass is 9.88. The fraction of sp³-hybridized carbons (Fsp3) is 0.471. The van der Waals surface area contributed by atoms with Crippen LogP contribution in [0.4, 0.5) is 0 Å². The molecule has 0 heterocycles. The minimum Gasteiger partial charge on any atom is -0.393 e. The zero-order valence-electron chi connectivity index (χ0n) is 13.3. The predicted molar refractivity (Wildman–Crippen MR) is 86.8 cm³/mol. The second-order valence-corrected chi connectivity index (χ2v) is 6.00. The molecule has 1 aromatic carbocycles. The van der Waals surface area contributed by atoms with Crippen molar-refractivity contribution in [2.24, 2.45) is 17.4 Å². The van der Waals surface area contributed by atoms with Gasteiger partial charge in [0.2, 0.25) is 11.8 Å². The molecule has 0 saturated carbocycles. The molecule has 0 aliphatic rings. The quantitative estimate of drug-likeness (QED) is 0.494. The van der Waals surface area contributed by atoms with Crippen molar-refractivity contribution in [2.75, 3.05) is 0 Å². The van der Waals surface area contributed by atoms with Gasteiger partial charge >= 0.3 is 0 Å². The Hall–Kier alpha value is -1.92. The van der Waals surface area contributed by atoms with Gasteiger partial charge in [-0.1, -0.05) is 30.3 Å². The minimum absolute atomic E-state index is 0.0152. The van der Waals surface area contributed by atoms with Crippen molar-refractivity contribution < 1.29 is 19.8 Å². The Balaban J connectivity index is 2.48. The maximum Gasteiger partial charge on any atom is 0.249 e. The molecule has 1 unspecified atom stereocenters. The summed E-state index contributed by atoms with van der Waals surface area (Å²) >= 11 is 0. The topological polar surface area (TPSA) is 127 Å². The molecule has 1 aromatic rings. The van der Waals surface area contributed by atoms with E-state index in [0.29, 0.717) is 6.42 Å². The normalized spacial score (nSPS) is 16.3. The molecule has 23 heavy (non-hydrogen) atoms. The molecule has 6 N–H and O–H groups in total. The summed E-state index contributed by atoms with van der Waals surface area (Å²) in [6.07, 6.45) is 1.83. The molecule has 0 saturated heterocycles. The van der Waals surface area contributed by atoms with E-state index in [-0.39, 0.29) is 19.3 Å². The molecule has 0 aliphatic carbocycles. The number of amides is 2. The number of carbonyl (C=O) groups excluding carboxylic acids is 2. The van der Waals surface area contributed by atoms with E-state index in [1.807, 2.05) is 30.3 Å². The first-order chi connectivity index (χ1) is 10.7. The molecular weight excluding hydrogens is 296 g/mol. The van der Waals surface area contributed by atoms with Crippen molar-refractivity contribution in [3.8, 4) is 0 Å².